The monoisotopic (exact) mass is 1090 g/mol. The molecule has 0 aliphatic rings. The van der Waals surface area contributed by atoms with Crippen molar-refractivity contribution in [1.82, 2.24) is 0 Å². The number of methoxy groups -OCH3 is 9. The van der Waals surface area contributed by atoms with Crippen LogP contribution in [0, 0.1) is 0 Å². The topological polar surface area (TPSA) is 102 Å². The van der Waals surface area contributed by atoms with E-state index in [1.165, 1.54) is 5.56 Å². The number of rotatable bonds is 20. The second-order valence-electron chi connectivity index (χ2n) is 16.2. The van der Waals surface area contributed by atoms with Gasteiger partial charge in [-0.15, -0.1) is 0 Å². The summed E-state index contributed by atoms with van der Waals surface area (Å²) in [6, 6.07) is 56.2. The van der Waals surface area contributed by atoms with E-state index in [9.17, 15) is 0 Å². The van der Waals surface area contributed by atoms with Crippen molar-refractivity contribution in [2.45, 2.75) is 6.61 Å². The van der Waals surface area contributed by atoms with E-state index in [2.05, 4.69) is 51.6 Å². The van der Waals surface area contributed by atoms with Gasteiger partial charge in [0.1, 0.15) is 46.9 Å². The van der Waals surface area contributed by atoms with Crippen LogP contribution in [0.2, 0.25) is 0 Å². The zero-order valence-corrected chi connectivity index (χ0v) is 48.1. The first kappa shape index (κ1) is 65.3. The lowest BCUT2D eigenvalue weighted by Crippen LogP contribution is -1.96. The van der Waals surface area contributed by atoms with Crippen LogP contribution >= 0.6 is 0 Å². The molecule has 0 radical (unpaired) electrons. The molecule has 0 saturated carbocycles. The van der Waals surface area contributed by atoms with Gasteiger partial charge in [0, 0.05) is 33.9 Å². The van der Waals surface area contributed by atoms with Crippen LogP contribution in [0.1, 0.15) is 38.9 Å². The fraction of sp³-hybridized carbons (Fsp3) is 0.143. The van der Waals surface area contributed by atoms with Crippen molar-refractivity contribution >= 4 is 36.5 Å². The van der Waals surface area contributed by atoms with Gasteiger partial charge in [-0.2, -0.15) is 0 Å². The maximum absolute atomic E-state index is 5.74. The van der Waals surface area contributed by atoms with Crippen molar-refractivity contribution in [3.8, 4) is 69.0 Å². The third-order valence-electron chi connectivity index (χ3n) is 11.4. The van der Waals surface area contributed by atoms with Crippen LogP contribution in [-0.2, 0) is 6.61 Å². The lowest BCUT2D eigenvalue weighted by Gasteiger charge is -2.13. The average Bonchev–Trinajstić information content (AvgIpc) is 3.54. The summed E-state index contributed by atoms with van der Waals surface area (Å²) in [4.78, 5) is 0. The van der Waals surface area contributed by atoms with Gasteiger partial charge in [0.15, 0.2) is 23.0 Å². The zero-order valence-electron chi connectivity index (χ0n) is 48.1. The number of para-hydroxylation sites is 4. The minimum atomic E-state index is 0.589. The van der Waals surface area contributed by atoms with Crippen molar-refractivity contribution in [3.05, 3.63) is 254 Å². The van der Waals surface area contributed by atoms with Crippen molar-refractivity contribution in [3.63, 3.8) is 0 Å². The van der Waals surface area contributed by atoms with Crippen LogP contribution in [0.3, 0.4) is 0 Å². The van der Waals surface area contributed by atoms with E-state index in [-0.39, 0.29) is 0 Å². The zero-order chi connectivity index (χ0) is 59.2. The Morgan fingerprint density at radius 1 is 0.284 bits per heavy atom. The molecule has 0 atom stereocenters. The number of hydrogen-bond acceptors (Lipinski definition) is 11. The summed E-state index contributed by atoms with van der Waals surface area (Å²) in [5.41, 5.74) is 6.88. The number of ether oxygens (including phenoxy) is 11. The Kier molecular flexibility index (Phi) is 30.4. The van der Waals surface area contributed by atoms with Gasteiger partial charge in [0.25, 0.3) is 0 Å². The predicted molar refractivity (Wildman–Crippen MR) is 335 cm³/mol. The first-order valence-corrected chi connectivity index (χ1v) is 25.3. The second kappa shape index (κ2) is 37.7. The van der Waals surface area contributed by atoms with Gasteiger partial charge in [-0.1, -0.05) is 179 Å². The molecule has 422 valence electrons. The molecule has 0 heterocycles. The van der Waals surface area contributed by atoms with Crippen LogP contribution in [0.25, 0.3) is 36.5 Å². The summed E-state index contributed by atoms with van der Waals surface area (Å²) < 4.78 is 57.7. The highest BCUT2D eigenvalue weighted by Gasteiger charge is 2.14. The van der Waals surface area contributed by atoms with Crippen LogP contribution in [0.5, 0.6) is 69.0 Å². The second-order valence-corrected chi connectivity index (χ2v) is 16.2. The quantitative estimate of drug-likeness (QED) is 0.0729. The van der Waals surface area contributed by atoms with Gasteiger partial charge in [0.05, 0.1) is 69.6 Å². The Bertz CT molecular complexity index is 3140. The summed E-state index contributed by atoms with van der Waals surface area (Å²) in [6.45, 7) is 22.8. The number of benzene rings is 8. The van der Waals surface area contributed by atoms with Crippen molar-refractivity contribution in [2.24, 2.45) is 0 Å². The maximum atomic E-state index is 5.74. The minimum Gasteiger partial charge on any atom is -0.497 e. The molecule has 0 saturated heterocycles. The van der Waals surface area contributed by atoms with Crippen molar-refractivity contribution in [1.29, 1.82) is 0 Å². The van der Waals surface area contributed by atoms with Crippen LogP contribution in [-0.4, -0.2) is 64.0 Å². The largest absolute Gasteiger partial charge is 0.497 e. The highest BCUT2D eigenvalue weighted by molar-refractivity contribution is 5.66. The first-order valence-electron chi connectivity index (χ1n) is 25.3. The first-order chi connectivity index (χ1) is 39.5. The summed E-state index contributed by atoms with van der Waals surface area (Å²) >= 11 is 0. The molecule has 8 rings (SSSR count). The van der Waals surface area contributed by atoms with Crippen LogP contribution < -0.4 is 52.1 Å². The molecule has 8 aromatic carbocycles. The van der Waals surface area contributed by atoms with E-state index in [4.69, 9.17) is 52.1 Å². The molecule has 0 spiro atoms. The van der Waals surface area contributed by atoms with Crippen molar-refractivity contribution in [2.75, 3.05) is 64.0 Å². The molecule has 0 aromatic heterocycles. The van der Waals surface area contributed by atoms with E-state index in [0.717, 1.165) is 85.1 Å². The molecule has 11 heteroatoms. The lowest BCUT2D eigenvalue weighted by atomic mass is 10.1. The van der Waals surface area contributed by atoms with Gasteiger partial charge < -0.3 is 52.1 Å². The third-order valence-corrected chi connectivity index (χ3v) is 11.4. The normalized spacial score (nSPS) is 9.40. The van der Waals surface area contributed by atoms with E-state index in [0.29, 0.717) is 23.9 Å². The molecular weight excluding hydrogens is 1020 g/mol. The summed E-state index contributed by atoms with van der Waals surface area (Å²) in [7, 11) is 14.5. The smallest absolute Gasteiger partial charge is 0.203 e. The third kappa shape index (κ3) is 20.7. The Balaban J connectivity index is 0.000000256. The standard InChI is InChI=1S/C15H14O.C14H12O.C11H14O3.3C10H12O2/c1-2-14-10-6-7-11-15(14)16-12-13-8-4-3-5-9-13;1-2-12-8-6-7-11-14(12)15-13-9-4-3-5-10-13;1-5-8-6-7-9(12-2)11(14-4)10(8)13-3;1-4-8-5-6-9(11-2)7-10(8)12-3;1-4-8-9(11-2)6-5-7-10(8)12-3;1-4-8-6-5-7-9(11-2)10(8)12-3/h2-11H,1,12H2;2-11H,1H2;5-7H,1H2,2-4H3;3*4-7H,1H2,2-3H3. The molecule has 0 aliphatic carbocycles. The molecule has 81 heavy (non-hydrogen) atoms. The van der Waals surface area contributed by atoms with Crippen LogP contribution in [0.4, 0.5) is 0 Å². The fourth-order valence-corrected chi connectivity index (χ4v) is 7.30. The molecule has 0 unspecified atom stereocenters. The minimum absolute atomic E-state index is 0.589. The Morgan fingerprint density at radius 2 is 0.691 bits per heavy atom. The summed E-state index contributed by atoms with van der Waals surface area (Å²) in [6.07, 6.45) is 10.5. The molecular formula is C70H76O11. The SMILES string of the molecule is C=Cc1c(OC)cccc1OC.C=Cc1ccc(OC)c(OC)c1OC.C=Cc1ccc(OC)cc1OC.C=Cc1cccc(OC)c1OC.C=Cc1ccccc1OCc1ccccc1.C=Cc1ccccc1Oc1ccccc1. The van der Waals surface area contributed by atoms with Crippen molar-refractivity contribution < 1.29 is 52.1 Å². The molecule has 0 fully saturated rings. The highest BCUT2D eigenvalue weighted by Crippen LogP contribution is 2.40. The molecule has 11 nitrogen and oxygen atoms in total. The van der Waals surface area contributed by atoms with Gasteiger partial charge in [-0.3, -0.25) is 0 Å². The van der Waals surface area contributed by atoms with Gasteiger partial charge in [0.2, 0.25) is 5.75 Å². The van der Waals surface area contributed by atoms with E-state index in [1.54, 1.807) is 100 Å². The Labute approximate surface area is 480 Å². The molecule has 0 aliphatic heterocycles. The molecule has 0 bridgehead atoms. The fourth-order valence-electron chi connectivity index (χ4n) is 7.30. The Morgan fingerprint density at radius 3 is 1.20 bits per heavy atom. The highest BCUT2D eigenvalue weighted by atomic mass is 16.5. The number of hydrogen-bond donors (Lipinski definition) is 0. The van der Waals surface area contributed by atoms with Gasteiger partial charge in [-0.05, 0) is 72.3 Å². The summed E-state index contributed by atoms with van der Waals surface area (Å²) in [5, 5.41) is 0. The molecule has 0 N–H and O–H groups in total. The predicted octanol–water partition coefficient (Wildman–Crippen LogP) is 17.4. The summed E-state index contributed by atoms with van der Waals surface area (Å²) in [5.74, 6) is 9.02. The van der Waals surface area contributed by atoms with Gasteiger partial charge in [-0.25, -0.2) is 0 Å². The Hall–Kier alpha value is -10.0. The maximum Gasteiger partial charge on any atom is 0.203 e. The lowest BCUT2D eigenvalue weighted by molar-refractivity contribution is 0.305. The van der Waals surface area contributed by atoms with E-state index >= 15 is 0 Å². The average molecular weight is 1090 g/mol. The van der Waals surface area contributed by atoms with E-state index < -0.39 is 0 Å². The van der Waals surface area contributed by atoms with Crippen LogP contribution in [0.15, 0.2) is 215 Å². The van der Waals surface area contributed by atoms with E-state index in [1.807, 2.05) is 164 Å². The molecule has 0 amide bonds. The molecule has 8 aromatic rings. The van der Waals surface area contributed by atoms with Gasteiger partial charge >= 0.3 is 0 Å².